The predicted octanol–water partition coefficient (Wildman–Crippen LogP) is 3.25. The van der Waals surface area contributed by atoms with Gasteiger partial charge in [0.1, 0.15) is 10.9 Å². The molecular weight excluding hydrogens is 466 g/mol. The molecule has 3 amide bonds. The smallest absolute Gasteiger partial charge is 0.269 e. The highest BCUT2D eigenvalue weighted by Gasteiger charge is 2.40. The largest absolute Gasteiger partial charge is 0.354 e. The summed E-state index contributed by atoms with van der Waals surface area (Å²) in [6.07, 6.45) is 1.41. The van der Waals surface area contributed by atoms with Crippen molar-refractivity contribution < 1.29 is 22.8 Å². The van der Waals surface area contributed by atoms with E-state index in [4.69, 9.17) is 0 Å². The first-order chi connectivity index (χ1) is 16.7. The Balaban J connectivity index is 1.73. The van der Waals surface area contributed by atoms with Crippen LogP contribution >= 0.6 is 0 Å². The normalized spacial score (nSPS) is 14.9. The topological polar surface area (TPSA) is 104 Å². The molecule has 0 unspecified atom stereocenters. The van der Waals surface area contributed by atoms with E-state index < -0.39 is 22.0 Å². The van der Waals surface area contributed by atoms with Crippen LogP contribution in [0.25, 0.3) is 0 Å². The Kier molecular flexibility index (Phi) is 8.67. The van der Waals surface area contributed by atoms with Gasteiger partial charge in [-0.15, -0.1) is 0 Å². The molecule has 9 heteroatoms. The second kappa shape index (κ2) is 11.5. The Hall–Kier alpha value is -3.20. The summed E-state index contributed by atoms with van der Waals surface area (Å²) in [5.41, 5.74) is 2.15. The number of sulfonamides is 1. The molecule has 0 spiro atoms. The molecule has 2 aromatic carbocycles. The van der Waals surface area contributed by atoms with Gasteiger partial charge < -0.3 is 10.2 Å². The third-order valence-electron chi connectivity index (χ3n) is 6.07. The van der Waals surface area contributed by atoms with Crippen molar-refractivity contribution in [2.45, 2.75) is 63.9 Å². The lowest BCUT2D eigenvalue weighted by Crippen LogP contribution is -2.49. The van der Waals surface area contributed by atoms with Gasteiger partial charge in [0.25, 0.3) is 15.9 Å². The lowest BCUT2D eigenvalue weighted by molar-refractivity contribution is -0.141. The van der Waals surface area contributed by atoms with Crippen molar-refractivity contribution in [2.75, 3.05) is 13.1 Å². The molecule has 0 fully saturated rings. The van der Waals surface area contributed by atoms with Gasteiger partial charge in [0.2, 0.25) is 11.8 Å². The summed E-state index contributed by atoms with van der Waals surface area (Å²) in [4.78, 5) is 40.3. The van der Waals surface area contributed by atoms with E-state index in [0.717, 1.165) is 21.9 Å². The third kappa shape index (κ3) is 5.90. The Morgan fingerprint density at radius 2 is 1.74 bits per heavy atom. The number of carbonyl (C=O) groups is 3. The summed E-state index contributed by atoms with van der Waals surface area (Å²) in [6, 6.07) is 13.2. The fraction of sp³-hybridized carbons (Fsp3) is 0.423. The van der Waals surface area contributed by atoms with Crippen molar-refractivity contribution in [3.8, 4) is 0 Å². The van der Waals surface area contributed by atoms with Gasteiger partial charge in [-0.25, -0.2) is 12.7 Å². The first kappa shape index (κ1) is 26.4. The number of nitrogens with one attached hydrogen (secondary N) is 1. The second-order valence-electron chi connectivity index (χ2n) is 8.70. The van der Waals surface area contributed by atoms with Gasteiger partial charge >= 0.3 is 0 Å². The fourth-order valence-corrected chi connectivity index (χ4v) is 5.75. The zero-order chi connectivity index (χ0) is 25.6. The molecule has 0 aromatic heterocycles. The molecule has 0 radical (unpaired) electrons. The first-order valence-electron chi connectivity index (χ1n) is 12.0. The molecule has 0 saturated heterocycles. The second-order valence-corrected chi connectivity index (χ2v) is 10.5. The quantitative estimate of drug-likeness (QED) is 0.511. The van der Waals surface area contributed by atoms with E-state index in [2.05, 4.69) is 5.32 Å². The van der Waals surface area contributed by atoms with E-state index in [1.165, 1.54) is 12.1 Å². The van der Waals surface area contributed by atoms with Crippen LogP contribution in [0.15, 0.2) is 53.4 Å². The average Bonchev–Trinajstić information content (AvgIpc) is 3.04. The number of hydrogen-bond acceptors (Lipinski definition) is 5. The van der Waals surface area contributed by atoms with Crippen LogP contribution < -0.4 is 5.32 Å². The first-order valence-corrected chi connectivity index (χ1v) is 13.4. The lowest BCUT2D eigenvalue weighted by Gasteiger charge is -2.31. The van der Waals surface area contributed by atoms with E-state index in [9.17, 15) is 22.8 Å². The predicted molar refractivity (Wildman–Crippen MR) is 133 cm³/mol. The summed E-state index contributed by atoms with van der Waals surface area (Å²) in [5, 5.41) is 2.88. The van der Waals surface area contributed by atoms with Crippen molar-refractivity contribution in [3.63, 3.8) is 0 Å². The lowest BCUT2D eigenvalue weighted by atomic mass is 10.1. The minimum Gasteiger partial charge on any atom is -0.354 e. The summed E-state index contributed by atoms with van der Waals surface area (Å²) in [7, 11) is -3.92. The van der Waals surface area contributed by atoms with Gasteiger partial charge in [-0.1, -0.05) is 55.8 Å². The van der Waals surface area contributed by atoms with Gasteiger partial charge in [0, 0.05) is 26.1 Å². The van der Waals surface area contributed by atoms with Crippen LogP contribution in [0, 0.1) is 6.92 Å². The van der Waals surface area contributed by atoms with Gasteiger partial charge in [0.15, 0.2) is 0 Å². The highest BCUT2D eigenvalue weighted by molar-refractivity contribution is 7.90. The zero-order valence-corrected chi connectivity index (χ0v) is 21.3. The van der Waals surface area contributed by atoms with Crippen molar-refractivity contribution in [3.05, 3.63) is 65.2 Å². The molecule has 35 heavy (non-hydrogen) atoms. The SMILES string of the molecule is CCCNC(=O)[C@@H](CC)N(Cc1ccc(C)cc1)C(=O)CCCN1C(=O)c2ccccc2S1(=O)=O. The highest BCUT2D eigenvalue weighted by atomic mass is 32.2. The maximum Gasteiger partial charge on any atom is 0.269 e. The van der Waals surface area contributed by atoms with Crippen LogP contribution in [-0.2, 0) is 26.2 Å². The van der Waals surface area contributed by atoms with Crippen molar-refractivity contribution in [2.24, 2.45) is 0 Å². The molecule has 1 N–H and O–H groups in total. The number of rotatable bonds is 11. The number of carbonyl (C=O) groups excluding carboxylic acids is 3. The number of benzene rings is 2. The monoisotopic (exact) mass is 499 g/mol. The maximum absolute atomic E-state index is 13.3. The van der Waals surface area contributed by atoms with E-state index in [1.807, 2.05) is 45.0 Å². The molecule has 0 bridgehead atoms. The average molecular weight is 500 g/mol. The highest BCUT2D eigenvalue weighted by Crippen LogP contribution is 2.30. The standard InChI is InChI=1S/C26H33N3O5S/c1-4-16-27-25(31)22(5-2)28(18-20-14-12-19(3)13-15-20)24(30)11-8-17-29-26(32)21-9-6-7-10-23(21)35(29,33)34/h6-7,9-10,12-15,22H,4-5,8,11,16-18H2,1-3H3,(H,27,31)/t22-/m1/s1. The van der Waals surface area contributed by atoms with Crippen LogP contribution in [0.4, 0.5) is 0 Å². The summed E-state index contributed by atoms with van der Waals surface area (Å²) >= 11 is 0. The number of nitrogens with zero attached hydrogens (tertiary/aromatic N) is 2. The minimum absolute atomic E-state index is 0.00373. The van der Waals surface area contributed by atoms with Crippen LogP contribution in [-0.4, -0.2) is 54.5 Å². The van der Waals surface area contributed by atoms with E-state index >= 15 is 0 Å². The molecule has 1 aliphatic rings. The van der Waals surface area contributed by atoms with Gasteiger partial charge in [-0.3, -0.25) is 14.4 Å². The van der Waals surface area contributed by atoms with E-state index in [0.29, 0.717) is 13.0 Å². The molecule has 8 nitrogen and oxygen atoms in total. The summed E-state index contributed by atoms with van der Waals surface area (Å²) in [6.45, 7) is 6.49. The van der Waals surface area contributed by atoms with Gasteiger partial charge in [-0.05, 0) is 43.9 Å². The molecule has 2 aromatic rings. The van der Waals surface area contributed by atoms with Crippen LogP contribution in [0.5, 0.6) is 0 Å². The van der Waals surface area contributed by atoms with Gasteiger partial charge in [0.05, 0.1) is 5.56 Å². The van der Waals surface area contributed by atoms with Crippen molar-refractivity contribution >= 4 is 27.7 Å². The molecular formula is C26H33N3O5S. The molecule has 3 rings (SSSR count). The molecule has 1 aliphatic heterocycles. The Labute approximate surface area is 207 Å². The molecule has 0 aliphatic carbocycles. The van der Waals surface area contributed by atoms with Gasteiger partial charge in [-0.2, -0.15) is 0 Å². The number of aryl methyl sites for hydroxylation is 1. The Morgan fingerprint density at radius 3 is 2.37 bits per heavy atom. The fourth-order valence-electron chi connectivity index (χ4n) is 4.15. The number of fused-ring (bicyclic) bond motifs is 1. The number of amides is 3. The summed E-state index contributed by atoms with van der Waals surface area (Å²) in [5.74, 6) is -1.04. The van der Waals surface area contributed by atoms with E-state index in [1.54, 1.807) is 17.0 Å². The van der Waals surface area contributed by atoms with Crippen molar-refractivity contribution in [1.29, 1.82) is 0 Å². The van der Waals surface area contributed by atoms with Crippen molar-refractivity contribution in [1.82, 2.24) is 14.5 Å². The Morgan fingerprint density at radius 1 is 1.06 bits per heavy atom. The molecule has 1 heterocycles. The van der Waals surface area contributed by atoms with E-state index in [-0.39, 0.29) is 48.2 Å². The Bertz CT molecular complexity index is 1180. The zero-order valence-electron chi connectivity index (χ0n) is 20.5. The summed E-state index contributed by atoms with van der Waals surface area (Å²) < 4.78 is 26.4. The number of hydrogen-bond donors (Lipinski definition) is 1. The minimum atomic E-state index is -3.92. The molecule has 0 saturated carbocycles. The third-order valence-corrected chi connectivity index (χ3v) is 7.91. The maximum atomic E-state index is 13.3. The van der Waals surface area contributed by atoms with Crippen LogP contribution in [0.3, 0.4) is 0 Å². The van der Waals surface area contributed by atoms with Crippen LogP contribution in [0.1, 0.15) is 61.0 Å². The molecule has 188 valence electrons. The molecule has 1 atom stereocenters. The van der Waals surface area contributed by atoms with Crippen LogP contribution in [0.2, 0.25) is 0 Å².